The van der Waals surface area contributed by atoms with Crippen molar-refractivity contribution < 1.29 is 8.78 Å². The van der Waals surface area contributed by atoms with Crippen LogP contribution in [0.1, 0.15) is 19.0 Å². The lowest BCUT2D eigenvalue weighted by molar-refractivity contribution is 0.609. The van der Waals surface area contributed by atoms with Crippen molar-refractivity contribution in [1.29, 1.82) is 0 Å². The van der Waals surface area contributed by atoms with Crippen molar-refractivity contribution in [2.75, 3.05) is 12.4 Å². The topological polar surface area (TPSA) is 24.9 Å². The first-order chi connectivity index (χ1) is 8.58. The normalized spacial score (nSPS) is 10.9. The molecular weight excluding hydrogens is 302 g/mol. The lowest BCUT2D eigenvalue weighted by Gasteiger charge is -2.11. The van der Waals surface area contributed by atoms with Crippen LogP contribution in [0.4, 0.5) is 14.5 Å². The predicted molar refractivity (Wildman–Crippen MR) is 72.9 cm³/mol. The Hall–Kier alpha value is -1.23. The summed E-state index contributed by atoms with van der Waals surface area (Å²) in [4.78, 5) is 4.20. The predicted octanol–water partition coefficient (Wildman–Crippen LogP) is 4.27. The lowest BCUT2D eigenvalue weighted by Crippen LogP contribution is -2.00. The van der Waals surface area contributed by atoms with Crippen LogP contribution in [0.3, 0.4) is 0 Å². The molecule has 0 radical (unpaired) electrons. The first-order valence-corrected chi connectivity index (χ1v) is 6.52. The number of aryl methyl sites for hydroxylation is 1. The molecule has 1 aromatic carbocycles. The van der Waals surface area contributed by atoms with E-state index in [9.17, 15) is 8.78 Å². The summed E-state index contributed by atoms with van der Waals surface area (Å²) >= 11 is 3.01. The van der Waals surface area contributed by atoms with E-state index < -0.39 is 11.6 Å². The summed E-state index contributed by atoms with van der Waals surface area (Å²) in [7, 11) is 1.68. The summed E-state index contributed by atoms with van der Waals surface area (Å²) in [6.07, 6.45) is 1.64. The minimum absolute atomic E-state index is 0.0750. The van der Waals surface area contributed by atoms with Gasteiger partial charge in [0.1, 0.15) is 11.3 Å². The molecule has 5 heteroatoms. The molecule has 2 aromatic rings. The van der Waals surface area contributed by atoms with Crippen LogP contribution in [0.15, 0.2) is 16.6 Å². The molecule has 0 unspecified atom stereocenters. The van der Waals surface area contributed by atoms with Gasteiger partial charge in [-0.3, -0.25) is 0 Å². The number of nitrogens with one attached hydrogen (secondary N) is 1. The Balaban J connectivity index is 2.82. The Kier molecular flexibility index (Phi) is 3.80. The largest absolute Gasteiger partial charge is 0.387 e. The van der Waals surface area contributed by atoms with Gasteiger partial charge < -0.3 is 5.32 Å². The SMILES string of the molecule is CCCc1cc(NC)c2c(F)c(Br)cc(F)c2n1. The molecule has 0 amide bonds. The molecule has 2 rings (SSSR count). The van der Waals surface area contributed by atoms with E-state index in [0.29, 0.717) is 5.69 Å². The summed E-state index contributed by atoms with van der Waals surface area (Å²) in [5, 5.41) is 3.08. The average Bonchev–Trinajstić information content (AvgIpc) is 2.35. The fourth-order valence-corrected chi connectivity index (χ4v) is 2.34. The van der Waals surface area contributed by atoms with Gasteiger partial charge in [-0.05, 0) is 34.5 Å². The number of anilines is 1. The summed E-state index contributed by atoms with van der Waals surface area (Å²) in [5.41, 5.74) is 1.39. The quantitative estimate of drug-likeness (QED) is 0.856. The summed E-state index contributed by atoms with van der Waals surface area (Å²) in [6.45, 7) is 2.02. The number of halogens is 3. The number of pyridine rings is 1. The third-order valence-corrected chi connectivity index (χ3v) is 3.33. The van der Waals surface area contributed by atoms with Gasteiger partial charge in [-0.15, -0.1) is 0 Å². The second kappa shape index (κ2) is 5.18. The summed E-state index contributed by atoms with van der Waals surface area (Å²) in [6, 6.07) is 2.88. The van der Waals surface area contributed by atoms with Crippen molar-refractivity contribution in [3.05, 3.63) is 33.9 Å². The molecule has 0 bridgehead atoms. The Morgan fingerprint density at radius 3 is 2.67 bits per heavy atom. The molecule has 0 spiro atoms. The minimum Gasteiger partial charge on any atom is -0.387 e. The van der Waals surface area contributed by atoms with E-state index in [4.69, 9.17) is 0 Å². The summed E-state index contributed by atoms with van der Waals surface area (Å²) in [5.74, 6) is -1.01. The highest BCUT2D eigenvalue weighted by molar-refractivity contribution is 9.10. The molecule has 0 fully saturated rings. The highest BCUT2D eigenvalue weighted by Gasteiger charge is 2.16. The first-order valence-electron chi connectivity index (χ1n) is 5.73. The molecule has 0 aliphatic rings. The fraction of sp³-hybridized carbons (Fsp3) is 0.308. The van der Waals surface area contributed by atoms with Gasteiger partial charge in [0.25, 0.3) is 0 Å². The minimum atomic E-state index is -0.521. The fourth-order valence-electron chi connectivity index (χ4n) is 1.94. The monoisotopic (exact) mass is 314 g/mol. The van der Waals surface area contributed by atoms with E-state index in [1.54, 1.807) is 13.1 Å². The second-order valence-corrected chi connectivity index (χ2v) is 4.89. The average molecular weight is 315 g/mol. The van der Waals surface area contributed by atoms with Gasteiger partial charge in [-0.2, -0.15) is 0 Å². The van der Waals surface area contributed by atoms with E-state index in [2.05, 4.69) is 26.2 Å². The standard InChI is InChI=1S/C13H13BrF2N2/c1-3-4-7-5-10(17-2)11-12(16)8(14)6-9(15)13(11)18-7/h5-6H,3-4H2,1-2H3,(H,17,18). The van der Waals surface area contributed by atoms with Gasteiger partial charge in [0, 0.05) is 18.4 Å². The molecule has 1 N–H and O–H groups in total. The van der Waals surface area contributed by atoms with Gasteiger partial charge in [-0.1, -0.05) is 13.3 Å². The van der Waals surface area contributed by atoms with Crippen LogP contribution in [0, 0.1) is 11.6 Å². The first kappa shape index (κ1) is 13.2. The number of nitrogens with zero attached hydrogens (tertiary/aromatic N) is 1. The van der Waals surface area contributed by atoms with Crippen LogP contribution in [-0.4, -0.2) is 12.0 Å². The molecule has 2 nitrogen and oxygen atoms in total. The van der Waals surface area contributed by atoms with Crippen LogP contribution >= 0.6 is 15.9 Å². The highest BCUT2D eigenvalue weighted by atomic mass is 79.9. The van der Waals surface area contributed by atoms with Crippen LogP contribution in [0.25, 0.3) is 10.9 Å². The third kappa shape index (κ3) is 2.19. The molecule has 0 saturated carbocycles. The molecule has 1 aromatic heterocycles. The molecule has 18 heavy (non-hydrogen) atoms. The maximum absolute atomic E-state index is 14.0. The van der Waals surface area contributed by atoms with E-state index in [-0.39, 0.29) is 15.4 Å². The third-order valence-electron chi connectivity index (χ3n) is 2.76. The molecule has 96 valence electrons. The maximum atomic E-state index is 14.0. The van der Waals surface area contributed by atoms with Gasteiger partial charge >= 0.3 is 0 Å². The molecule has 1 heterocycles. The molecule has 0 saturated heterocycles. The number of aromatic nitrogens is 1. The Bertz CT molecular complexity index is 599. The number of benzene rings is 1. The van der Waals surface area contributed by atoms with E-state index in [0.717, 1.165) is 24.6 Å². The van der Waals surface area contributed by atoms with Crippen LogP contribution in [0.2, 0.25) is 0 Å². The Morgan fingerprint density at radius 1 is 1.33 bits per heavy atom. The number of rotatable bonds is 3. The van der Waals surface area contributed by atoms with E-state index in [1.807, 2.05) is 6.92 Å². The van der Waals surface area contributed by atoms with Crippen molar-refractivity contribution in [2.24, 2.45) is 0 Å². The van der Waals surface area contributed by atoms with Crippen molar-refractivity contribution in [3.63, 3.8) is 0 Å². The lowest BCUT2D eigenvalue weighted by atomic mass is 10.1. The van der Waals surface area contributed by atoms with Gasteiger partial charge in [0.15, 0.2) is 5.82 Å². The zero-order chi connectivity index (χ0) is 13.3. The molecule has 0 atom stereocenters. The number of hydrogen-bond acceptors (Lipinski definition) is 2. The van der Waals surface area contributed by atoms with Crippen LogP contribution in [0.5, 0.6) is 0 Å². The molecular formula is C13H13BrF2N2. The van der Waals surface area contributed by atoms with E-state index >= 15 is 0 Å². The Morgan fingerprint density at radius 2 is 2.06 bits per heavy atom. The van der Waals surface area contributed by atoms with Gasteiger partial charge in [0.2, 0.25) is 0 Å². The Labute approximate surface area is 113 Å². The van der Waals surface area contributed by atoms with Crippen molar-refractivity contribution in [3.8, 4) is 0 Å². The van der Waals surface area contributed by atoms with Crippen molar-refractivity contribution >= 4 is 32.5 Å². The molecule has 0 aliphatic carbocycles. The van der Waals surface area contributed by atoms with Crippen molar-refractivity contribution in [1.82, 2.24) is 4.98 Å². The smallest absolute Gasteiger partial charge is 0.150 e. The maximum Gasteiger partial charge on any atom is 0.150 e. The van der Waals surface area contributed by atoms with Gasteiger partial charge in [0.05, 0.1) is 9.86 Å². The van der Waals surface area contributed by atoms with Gasteiger partial charge in [-0.25, -0.2) is 13.8 Å². The summed E-state index contributed by atoms with van der Waals surface area (Å²) < 4.78 is 28.0. The second-order valence-electron chi connectivity index (χ2n) is 4.04. The number of hydrogen-bond donors (Lipinski definition) is 1. The highest BCUT2D eigenvalue weighted by Crippen LogP contribution is 2.32. The zero-order valence-electron chi connectivity index (χ0n) is 10.2. The van der Waals surface area contributed by atoms with Crippen molar-refractivity contribution in [2.45, 2.75) is 19.8 Å². The zero-order valence-corrected chi connectivity index (χ0v) is 11.7. The molecule has 0 aliphatic heterocycles. The van der Waals surface area contributed by atoms with E-state index in [1.165, 1.54) is 0 Å². The van der Waals surface area contributed by atoms with Crippen LogP contribution < -0.4 is 5.32 Å². The number of fused-ring (bicyclic) bond motifs is 1. The van der Waals surface area contributed by atoms with Crippen LogP contribution in [-0.2, 0) is 6.42 Å².